The summed E-state index contributed by atoms with van der Waals surface area (Å²) in [4.78, 5) is 14.3. The molecule has 0 aromatic heterocycles. The normalized spacial score (nSPS) is 15.5. The van der Waals surface area contributed by atoms with Gasteiger partial charge in [0.05, 0.1) is 0 Å². The van der Waals surface area contributed by atoms with Crippen LogP contribution in [0.25, 0.3) is 0 Å². The first kappa shape index (κ1) is 25.2. The van der Waals surface area contributed by atoms with Gasteiger partial charge in [-0.15, -0.1) is 0 Å². The number of amides is 1. The Balaban J connectivity index is 1.68. The second-order valence-electron chi connectivity index (χ2n) is 8.35. The van der Waals surface area contributed by atoms with Crippen LogP contribution in [0.1, 0.15) is 44.6 Å². The summed E-state index contributed by atoms with van der Waals surface area (Å²) in [6.07, 6.45) is 3.41. The molecule has 0 bridgehead atoms. The number of carbonyl (C=O) groups excluding carboxylic acids is 1. The van der Waals surface area contributed by atoms with E-state index in [9.17, 15) is 26.4 Å². The highest BCUT2D eigenvalue weighted by molar-refractivity contribution is 7.89. The molecule has 3 rings (SSSR count). The van der Waals surface area contributed by atoms with Gasteiger partial charge in [0, 0.05) is 32.1 Å². The van der Waals surface area contributed by atoms with Crippen LogP contribution in [0.3, 0.4) is 0 Å². The van der Waals surface area contributed by atoms with Crippen LogP contribution < -0.4 is 0 Å². The standard InChI is InChI=1S/C24H29F3N2O3S/c1-2-3-4-13-28(17-18-5-7-20(25)8-6-18)24(30)19-11-14-29(15-12-19)33(31,32)23-16-21(26)9-10-22(23)27/h5-10,16,19H,2-4,11-15,17H2,1H3. The van der Waals surface area contributed by atoms with Gasteiger partial charge in [0.25, 0.3) is 0 Å². The fourth-order valence-electron chi connectivity index (χ4n) is 4.05. The van der Waals surface area contributed by atoms with E-state index in [4.69, 9.17) is 0 Å². The topological polar surface area (TPSA) is 57.7 Å². The zero-order valence-corrected chi connectivity index (χ0v) is 19.5. The van der Waals surface area contributed by atoms with Crippen molar-refractivity contribution in [1.29, 1.82) is 0 Å². The predicted octanol–water partition coefficient (Wildman–Crippen LogP) is 4.72. The first-order chi connectivity index (χ1) is 15.7. The molecule has 0 unspecified atom stereocenters. The van der Waals surface area contributed by atoms with Gasteiger partial charge in [-0.25, -0.2) is 21.6 Å². The molecule has 1 aliphatic rings. The van der Waals surface area contributed by atoms with Crippen LogP contribution in [0, 0.1) is 23.4 Å². The number of hydrogen-bond donors (Lipinski definition) is 0. The highest BCUT2D eigenvalue weighted by Crippen LogP contribution is 2.27. The number of sulfonamides is 1. The molecule has 2 aromatic rings. The van der Waals surface area contributed by atoms with E-state index in [2.05, 4.69) is 6.92 Å². The first-order valence-electron chi connectivity index (χ1n) is 11.2. The summed E-state index contributed by atoms with van der Waals surface area (Å²) in [6.45, 7) is 3.10. The number of hydrogen-bond acceptors (Lipinski definition) is 3. The molecule has 5 nitrogen and oxygen atoms in total. The van der Waals surface area contributed by atoms with Gasteiger partial charge in [0.15, 0.2) is 0 Å². The van der Waals surface area contributed by atoms with Gasteiger partial charge in [-0.1, -0.05) is 31.9 Å². The van der Waals surface area contributed by atoms with E-state index in [0.717, 1.165) is 41.3 Å². The highest BCUT2D eigenvalue weighted by atomic mass is 32.2. The Morgan fingerprint density at radius 1 is 1.00 bits per heavy atom. The van der Waals surface area contributed by atoms with Gasteiger partial charge in [0.1, 0.15) is 22.3 Å². The molecule has 0 aliphatic carbocycles. The zero-order chi connectivity index (χ0) is 24.0. The maximum absolute atomic E-state index is 14.1. The Bertz CT molecular complexity index is 1050. The van der Waals surface area contributed by atoms with Crippen molar-refractivity contribution in [2.75, 3.05) is 19.6 Å². The molecule has 33 heavy (non-hydrogen) atoms. The number of piperidine rings is 1. The monoisotopic (exact) mass is 482 g/mol. The number of unbranched alkanes of at least 4 members (excludes halogenated alkanes) is 2. The third kappa shape index (κ3) is 6.35. The number of rotatable bonds is 9. The van der Waals surface area contributed by atoms with Gasteiger partial charge in [-0.05, 0) is 55.2 Å². The summed E-state index contributed by atoms with van der Waals surface area (Å²) in [6, 6.07) is 8.36. The molecule has 9 heteroatoms. The summed E-state index contributed by atoms with van der Waals surface area (Å²) in [7, 11) is -4.20. The summed E-state index contributed by atoms with van der Waals surface area (Å²) >= 11 is 0. The molecule has 0 atom stereocenters. The van der Waals surface area contributed by atoms with Crippen molar-refractivity contribution in [2.45, 2.75) is 50.5 Å². The number of halogens is 3. The van der Waals surface area contributed by atoms with Crippen LogP contribution in [0.4, 0.5) is 13.2 Å². The molecule has 1 heterocycles. The third-order valence-corrected chi connectivity index (χ3v) is 7.86. The van der Waals surface area contributed by atoms with Gasteiger partial charge in [-0.2, -0.15) is 4.31 Å². The van der Waals surface area contributed by atoms with Crippen molar-refractivity contribution in [3.8, 4) is 0 Å². The Kier molecular flexibility index (Phi) is 8.53. The van der Waals surface area contributed by atoms with E-state index in [1.807, 2.05) is 0 Å². The lowest BCUT2D eigenvalue weighted by atomic mass is 9.96. The lowest BCUT2D eigenvalue weighted by Gasteiger charge is -2.34. The molecular weight excluding hydrogens is 453 g/mol. The minimum absolute atomic E-state index is 0.0496. The molecule has 0 spiro atoms. The SMILES string of the molecule is CCCCCN(Cc1ccc(F)cc1)C(=O)C1CCN(S(=O)(=O)c2cc(F)ccc2F)CC1. The molecule has 1 aliphatic heterocycles. The van der Waals surface area contributed by atoms with E-state index in [0.29, 0.717) is 32.0 Å². The quantitative estimate of drug-likeness (QED) is 0.486. The van der Waals surface area contributed by atoms with E-state index >= 15 is 0 Å². The summed E-state index contributed by atoms with van der Waals surface area (Å²) in [5, 5.41) is 0. The minimum Gasteiger partial charge on any atom is -0.338 e. The first-order valence-corrected chi connectivity index (χ1v) is 12.6. The number of nitrogens with zero attached hydrogens (tertiary/aromatic N) is 2. The average molecular weight is 483 g/mol. The third-order valence-electron chi connectivity index (χ3n) is 5.94. The summed E-state index contributed by atoms with van der Waals surface area (Å²) in [5.41, 5.74) is 0.822. The van der Waals surface area contributed by atoms with Crippen LogP contribution in [0.2, 0.25) is 0 Å². The molecule has 1 saturated heterocycles. The lowest BCUT2D eigenvalue weighted by molar-refractivity contribution is -0.137. The molecule has 1 fully saturated rings. The maximum Gasteiger partial charge on any atom is 0.246 e. The van der Waals surface area contributed by atoms with Crippen molar-refractivity contribution in [3.63, 3.8) is 0 Å². The highest BCUT2D eigenvalue weighted by Gasteiger charge is 2.35. The largest absolute Gasteiger partial charge is 0.338 e. The zero-order valence-electron chi connectivity index (χ0n) is 18.6. The number of carbonyl (C=O) groups is 1. The Hall–Kier alpha value is -2.39. The fraction of sp³-hybridized carbons (Fsp3) is 0.458. The van der Waals surface area contributed by atoms with Crippen molar-refractivity contribution >= 4 is 15.9 Å². The van der Waals surface area contributed by atoms with Crippen molar-refractivity contribution in [1.82, 2.24) is 9.21 Å². The van der Waals surface area contributed by atoms with E-state index in [1.165, 1.54) is 12.1 Å². The molecule has 180 valence electrons. The van der Waals surface area contributed by atoms with Crippen LogP contribution >= 0.6 is 0 Å². The Morgan fingerprint density at radius 2 is 1.64 bits per heavy atom. The second kappa shape index (κ2) is 11.2. The number of benzene rings is 2. The van der Waals surface area contributed by atoms with Crippen molar-refractivity contribution in [3.05, 3.63) is 65.5 Å². The molecule has 0 N–H and O–H groups in total. The molecule has 0 saturated carbocycles. The van der Waals surface area contributed by atoms with Gasteiger partial charge in [-0.3, -0.25) is 4.79 Å². The smallest absolute Gasteiger partial charge is 0.246 e. The van der Waals surface area contributed by atoms with Crippen LogP contribution in [-0.4, -0.2) is 43.2 Å². The summed E-state index contributed by atoms with van der Waals surface area (Å²) in [5.74, 6) is -2.61. The molecule has 1 amide bonds. The molecule has 0 radical (unpaired) electrons. The predicted molar refractivity (Wildman–Crippen MR) is 119 cm³/mol. The average Bonchev–Trinajstić information content (AvgIpc) is 2.81. The van der Waals surface area contributed by atoms with Gasteiger partial charge in [0.2, 0.25) is 15.9 Å². The van der Waals surface area contributed by atoms with E-state index in [1.54, 1.807) is 17.0 Å². The maximum atomic E-state index is 14.1. The Morgan fingerprint density at radius 3 is 2.27 bits per heavy atom. The fourth-order valence-corrected chi connectivity index (χ4v) is 5.59. The Labute approximate surface area is 193 Å². The molecular formula is C24H29F3N2O3S. The summed E-state index contributed by atoms with van der Waals surface area (Å²) < 4.78 is 67.5. The van der Waals surface area contributed by atoms with E-state index < -0.39 is 26.6 Å². The van der Waals surface area contributed by atoms with Crippen molar-refractivity contribution < 1.29 is 26.4 Å². The van der Waals surface area contributed by atoms with Crippen LogP contribution in [0.5, 0.6) is 0 Å². The minimum atomic E-state index is -4.20. The van der Waals surface area contributed by atoms with Crippen molar-refractivity contribution in [2.24, 2.45) is 5.92 Å². The van der Waals surface area contributed by atoms with Crippen LogP contribution in [-0.2, 0) is 21.4 Å². The van der Waals surface area contributed by atoms with Gasteiger partial charge >= 0.3 is 0 Å². The van der Waals surface area contributed by atoms with Gasteiger partial charge < -0.3 is 4.90 Å². The van der Waals surface area contributed by atoms with Crippen LogP contribution in [0.15, 0.2) is 47.4 Å². The molecule has 2 aromatic carbocycles. The van der Waals surface area contributed by atoms with E-state index in [-0.39, 0.29) is 30.7 Å². The lowest BCUT2D eigenvalue weighted by Crippen LogP contribution is -2.44. The second-order valence-corrected chi connectivity index (χ2v) is 10.3.